The van der Waals surface area contributed by atoms with Crippen LogP contribution in [0.4, 0.5) is 0 Å². The Kier molecular flexibility index (Phi) is 5.58. The molecule has 1 unspecified atom stereocenters. The van der Waals surface area contributed by atoms with E-state index in [9.17, 15) is 9.59 Å². The Morgan fingerprint density at radius 3 is 2.78 bits per heavy atom. The third-order valence-electron chi connectivity index (χ3n) is 2.69. The molecule has 0 heterocycles. The van der Waals surface area contributed by atoms with E-state index >= 15 is 0 Å². The fourth-order valence-electron chi connectivity index (χ4n) is 1.93. The first-order valence-electron chi connectivity index (χ1n) is 6.09. The fraction of sp³-hybridized carbons (Fsp3) is 0.538. The highest BCUT2D eigenvalue weighted by molar-refractivity contribution is 5.82. The molecule has 0 spiro atoms. The van der Waals surface area contributed by atoms with Crippen LogP contribution in [0.2, 0.25) is 0 Å². The summed E-state index contributed by atoms with van der Waals surface area (Å²) >= 11 is 0. The Bertz CT molecular complexity index is 374. The minimum atomic E-state index is -0.230. The van der Waals surface area contributed by atoms with Crippen LogP contribution >= 0.6 is 0 Å². The number of nitrogens with zero attached hydrogens (tertiary/aromatic N) is 1. The van der Waals surface area contributed by atoms with Gasteiger partial charge in [-0.2, -0.15) is 0 Å². The van der Waals surface area contributed by atoms with Gasteiger partial charge in [0.2, 0.25) is 5.91 Å². The van der Waals surface area contributed by atoms with Gasteiger partial charge in [0.25, 0.3) is 5.91 Å². The van der Waals surface area contributed by atoms with Gasteiger partial charge in [0.15, 0.2) is 0 Å². The molecule has 5 nitrogen and oxygen atoms in total. The van der Waals surface area contributed by atoms with Crippen molar-refractivity contribution >= 4 is 11.8 Å². The molecule has 1 aliphatic rings. The third-order valence-corrected chi connectivity index (χ3v) is 2.69. The molecular formula is C13H21N3O2. The summed E-state index contributed by atoms with van der Waals surface area (Å²) in [4.78, 5) is 23.0. The number of hydrazine groups is 1. The second kappa shape index (κ2) is 6.96. The van der Waals surface area contributed by atoms with E-state index in [-0.39, 0.29) is 24.3 Å². The van der Waals surface area contributed by atoms with Crippen LogP contribution in [0.3, 0.4) is 0 Å². The molecule has 0 bridgehead atoms. The Labute approximate surface area is 108 Å². The summed E-state index contributed by atoms with van der Waals surface area (Å²) in [5.74, 6) is -0.109. The summed E-state index contributed by atoms with van der Waals surface area (Å²) in [7, 11) is 1.71. The molecule has 0 fully saturated rings. The summed E-state index contributed by atoms with van der Waals surface area (Å²) in [6.45, 7) is 4.18. The predicted molar refractivity (Wildman–Crippen MR) is 70.5 cm³/mol. The van der Waals surface area contributed by atoms with Crippen LogP contribution in [0, 0.1) is 5.92 Å². The molecule has 1 aliphatic carbocycles. The van der Waals surface area contributed by atoms with E-state index in [2.05, 4.69) is 29.8 Å². The molecule has 0 aromatic rings. The summed E-state index contributed by atoms with van der Waals surface area (Å²) in [5, 5.41) is 4.19. The van der Waals surface area contributed by atoms with E-state index in [1.807, 2.05) is 6.08 Å². The molecule has 18 heavy (non-hydrogen) atoms. The molecule has 0 radical (unpaired) electrons. The molecule has 0 saturated heterocycles. The Morgan fingerprint density at radius 2 is 2.22 bits per heavy atom. The van der Waals surface area contributed by atoms with Crippen LogP contribution in [0.5, 0.6) is 0 Å². The quantitative estimate of drug-likeness (QED) is 0.720. The Hall–Kier alpha value is -1.62. The zero-order valence-corrected chi connectivity index (χ0v) is 11.2. The molecule has 0 aliphatic heterocycles. The maximum absolute atomic E-state index is 11.8. The summed E-state index contributed by atoms with van der Waals surface area (Å²) in [6, 6.07) is 0. The topological polar surface area (TPSA) is 61.4 Å². The zero-order chi connectivity index (χ0) is 13.5. The number of nitrogens with one attached hydrogen (secondary N) is 2. The molecule has 0 aromatic carbocycles. The van der Waals surface area contributed by atoms with E-state index in [4.69, 9.17) is 0 Å². The number of hydrogen-bond donors (Lipinski definition) is 2. The largest absolute Gasteiger partial charge is 0.311 e. The lowest BCUT2D eigenvalue weighted by Crippen LogP contribution is -2.50. The molecule has 1 atom stereocenters. The third kappa shape index (κ3) is 4.71. The fourth-order valence-corrected chi connectivity index (χ4v) is 1.93. The first kappa shape index (κ1) is 14.4. The Balaban J connectivity index is 2.61. The molecule has 5 heteroatoms. The average Bonchev–Trinajstić information content (AvgIpc) is 2.28. The van der Waals surface area contributed by atoms with Gasteiger partial charge in [-0.1, -0.05) is 23.8 Å². The average molecular weight is 251 g/mol. The molecule has 2 amide bonds. The molecular weight excluding hydrogens is 230 g/mol. The van der Waals surface area contributed by atoms with Gasteiger partial charge in [0.05, 0.1) is 6.54 Å². The number of carbonyl (C=O) groups is 2. The van der Waals surface area contributed by atoms with Crippen LogP contribution in [-0.4, -0.2) is 37.0 Å². The number of allylic oxidation sites excluding steroid dienone is 3. The van der Waals surface area contributed by atoms with E-state index < -0.39 is 0 Å². The standard InChI is InChI=1S/C13H21N3O2/c1-10-5-4-6-12(7-10)9-16(15-11(2)17)13(18)8-14-3/h4-6,12,14H,7-9H2,1-3H3,(H,15,17). The SMILES string of the molecule is CNCC(=O)N(CC1C=CC=C(C)C1)NC(C)=O. The lowest BCUT2D eigenvalue weighted by Gasteiger charge is -2.27. The van der Waals surface area contributed by atoms with E-state index in [0.717, 1.165) is 6.42 Å². The summed E-state index contributed by atoms with van der Waals surface area (Å²) in [5.41, 5.74) is 3.86. The second-order valence-electron chi connectivity index (χ2n) is 4.56. The van der Waals surface area contributed by atoms with Crippen molar-refractivity contribution < 1.29 is 9.59 Å². The zero-order valence-electron chi connectivity index (χ0n) is 11.2. The highest BCUT2D eigenvalue weighted by Crippen LogP contribution is 2.18. The van der Waals surface area contributed by atoms with Crippen LogP contribution < -0.4 is 10.7 Å². The van der Waals surface area contributed by atoms with Gasteiger partial charge in [-0.15, -0.1) is 0 Å². The van der Waals surface area contributed by atoms with E-state index in [1.54, 1.807) is 7.05 Å². The number of amides is 2. The van der Waals surface area contributed by atoms with Gasteiger partial charge in [0.1, 0.15) is 0 Å². The van der Waals surface area contributed by atoms with Crippen molar-refractivity contribution in [2.45, 2.75) is 20.3 Å². The van der Waals surface area contributed by atoms with Gasteiger partial charge in [-0.25, -0.2) is 0 Å². The molecule has 0 aromatic heterocycles. The normalized spacial score (nSPS) is 18.2. The van der Waals surface area contributed by atoms with Crippen molar-refractivity contribution in [2.75, 3.05) is 20.1 Å². The number of carbonyl (C=O) groups excluding carboxylic acids is 2. The lowest BCUT2D eigenvalue weighted by atomic mass is 9.95. The van der Waals surface area contributed by atoms with Gasteiger partial charge in [-0.05, 0) is 20.4 Å². The monoisotopic (exact) mass is 251 g/mol. The van der Waals surface area contributed by atoms with Crippen LogP contribution in [0.15, 0.2) is 23.8 Å². The minimum Gasteiger partial charge on any atom is -0.311 e. The van der Waals surface area contributed by atoms with E-state index in [1.165, 1.54) is 17.5 Å². The summed E-state index contributed by atoms with van der Waals surface area (Å²) in [6.07, 6.45) is 7.04. The summed E-state index contributed by atoms with van der Waals surface area (Å²) < 4.78 is 0. The highest BCUT2D eigenvalue weighted by atomic mass is 16.2. The van der Waals surface area contributed by atoms with Gasteiger partial charge >= 0.3 is 0 Å². The maximum Gasteiger partial charge on any atom is 0.254 e. The van der Waals surface area contributed by atoms with Crippen molar-refractivity contribution in [3.05, 3.63) is 23.8 Å². The smallest absolute Gasteiger partial charge is 0.254 e. The Morgan fingerprint density at radius 1 is 1.50 bits per heavy atom. The van der Waals surface area contributed by atoms with Crippen molar-refractivity contribution in [1.82, 2.24) is 15.8 Å². The van der Waals surface area contributed by atoms with Gasteiger partial charge in [0, 0.05) is 19.4 Å². The van der Waals surface area contributed by atoms with Gasteiger partial charge in [-0.3, -0.25) is 20.0 Å². The second-order valence-corrected chi connectivity index (χ2v) is 4.56. The van der Waals surface area contributed by atoms with Crippen LogP contribution in [0.1, 0.15) is 20.3 Å². The maximum atomic E-state index is 11.8. The number of hydrogen-bond acceptors (Lipinski definition) is 3. The number of likely N-dealkylation sites (N-methyl/N-ethyl adjacent to an activating group) is 1. The lowest BCUT2D eigenvalue weighted by molar-refractivity contribution is -0.140. The first-order valence-corrected chi connectivity index (χ1v) is 6.09. The number of rotatable bonds is 4. The van der Waals surface area contributed by atoms with Crippen LogP contribution in [0.25, 0.3) is 0 Å². The molecule has 1 rings (SSSR count). The highest BCUT2D eigenvalue weighted by Gasteiger charge is 2.19. The minimum absolute atomic E-state index is 0.131. The molecule has 0 saturated carbocycles. The van der Waals surface area contributed by atoms with E-state index in [0.29, 0.717) is 6.54 Å². The van der Waals surface area contributed by atoms with Crippen LogP contribution in [-0.2, 0) is 9.59 Å². The molecule has 100 valence electrons. The van der Waals surface area contributed by atoms with Crippen molar-refractivity contribution in [2.24, 2.45) is 5.92 Å². The van der Waals surface area contributed by atoms with Crippen molar-refractivity contribution in [1.29, 1.82) is 0 Å². The first-order chi connectivity index (χ1) is 8.52. The predicted octanol–water partition coefficient (Wildman–Crippen LogP) is 0.608. The van der Waals surface area contributed by atoms with Crippen molar-refractivity contribution in [3.63, 3.8) is 0 Å². The molecule has 2 N–H and O–H groups in total. The van der Waals surface area contributed by atoms with Crippen molar-refractivity contribution in [3.8, 4) is 0 Å². The van der Waals surface area contributed by atoms with Gasteiger partial charge < -0.3 is 5.32 Å².